The number of nitrogens with zero attached hydrogens (tertiary/aromatic N) is 1. The number of carboxylic acids is 1. The Morgan fingerprint density at radius 1 is 1.56 bits per heavy atom. The van der Waals surface area contributed by atoms with E-state index in [1.165, 1.54) is 37.9 Å². The van der Waals surface area contributed by atoms with Crippen LogP contribution in [0.1, 0.15) is 36.0 Å². The number of carboxylic acid groups (broad SMARTS) is 1. The lowest BCUT2D eigenvalue weighted by atomic mass is 10.1. The molecule has 1 aliphatic rings. The highest BCUT2D eigenvalue weighted by Crippen LogP contribution is 2.40. The fourth-order valence-corrected chi connectivity index (χ4v) is 3.36. The molecule has 1 saturated carbocycles. The van der Waals surface area contributed by atoms with E-state index in [9.17, 15) is 4.79 Å². The van der Waals surface area contributed by atoms with Gasteiger partial charge in [-0.2, -0.15) is 11.8 Å². The molecule has 0 atom stereocenters. The molecule has 1 aliphatic carbocycles. The summed E-state index contributed by atoms with van der Waals surface area (Å²) in [4.78, 5) is 15.1. The van der Waals surface area contributed by atoms with Crippen LogP contribution >= 0.6 is 11.8 Å². The highest BCUT2D eigenvalue weighted by molar-refractivity contribution is 8.00. The summed E-state index contributed by atoms with van der Waals surface area (Å²) < 4.78 is 0.256. The average Bonchev–Trinajstić information content (AvgIpc) is 2.86. The Bertz CT molecular complexity index is 431. The number of hydrogen-bond donors (Lipinski definition) is 2. The largest absolute Gasteiger partial charge is 0.478 e. The van der Waals surface area contributed by atoms with E-state index in [1.807, 2.05) is 11.8 Å². The van der Waals surface area contributed by atoms with Crippen LogP contribution in [0.15, 0.2) is 18.5 Å². The summed E-state index contributed by atoms with van der Waals surface area (Å²) in [6.07, 6.45) is 10.2. The van der Waals surface area contributed by atoms with E-state index in [0.717, 1.165) is 6.54 Å². The van der Waals surface area contributed by atoms with Crippen LogP contribution in [-0.2, 0) is 0 Å². The van der Waals surface area contributed by atoms with E-state index >= 15 is 0 Å². The first-order valence-corrected chi connectivity index (χ1v) is 7.36. The van der Waals surface area contributed by atoms with E-state index in [0.29, 0.717) is 11.3 Å². The van der Waals surface area contributed by atoms with Crippen molar-refractivity contribution in [1.82, 2.24) is 4.98 Å². The van der Waals surface area contributed by atoms with Crippen LogP contribution in [0.5, 0.6) is 0 Å². The van der Waals surface area contributed by atoms with Crippen molar-refractivity contribution in [1.29, 1.82) is 0 Å². The molecule has 2 N–H and O–H groups in total. The third-order valence-electron chi connectivity index (χ3n) is 3.60. The lowest BCUT2D eigenvalue weighted by molar-refractivity contribution is 0.0698. The maximum Gasteiger partial charge on any atom is 0.337 e. The van der Waals surface area contributed by atoms with E-state index in [1.54, 1.807) is 6.20 Å². The summed E-state index contributed by atoms with van der Waals surface area (Å²) in [5, 5.41) is 12.4. The van der Waals surface area contributed by atoms with Crippen molar-refractivity contribution in [2.24, 2.45) is 0 Å². The second-order valence-electron chi connectivity index (χ2n) is 4.67. The number of thioether (sulfide) groups is 1. The monoisotopic (exact) mass is 266 g/mol. The molecule has 0 aliphatic heterocycles. The summed E-state index contributed by atoms with van der Waals surface area (Å²) in [5.41, 5.74) is 0.907. The molecular weight excluding hydrogens is 248 g/mol. The van der Waals surface area contributed by atoms with Gasteiger partial charge in [0.1, 0.15) is 0 Å². The Morgan fingerprint density at radius 2 is 2.28 bits per heavy atom. The molecular formula is C13H18N2O2S. The van der Waals surface area contributed by atoms with Gasteiger partial charge in [-0.15, -0.1) is 0 Å². The molecule has 0 unspecified atom stereocenters. The van der Waals surface area contributed by atoms with Gasteiger partial charge >= 0.3 is 5.97 Å². The third kappa shape index (κ3) is 2.77. The molecule has 1 fully saturated rings. The zero-order valence-electron chi connectivity index (χ0n) is 10.5. The zero-order chi connectivity index (χ0) is 13.0. The zero-order valence-corrected chi connectivity index (χ0v) is 11.3. The number of hydrogen-bond acceptors (Lipinski definition) is 4. The number of rotatable bonds is 5. The molecule has 0 bridgehead atoms. The van der Waals surface area contributed by atoms with Crippen LogP contribution in [0.3, 0.4) is 0 Å². The van der Waals surface area contributed by atoms with Crippen molar-refractivity contribution in [3.05, 3.63) is 24.0 Å². The molecule has 4 nitrogen and oxygen atoms in total. The van der Waals surface area contributed by atoms with Gasteiger partial charge < -0.3 is 10.4 Å². The molecule has 0 radical (unpaired) electrons. The highest BCUT2D eigenvalue weighted by Gasteiger charge is 2.32. The smallest absolute Gasteiger partial charge is 0.337 e. The number of aromatic carboxylic acids is 1. The predicted octanol–water partition coefficient (Wildman–Crippen LogP) is 2.87. The van der Waals surface area contributed by atoms with Crippen molar-refractivity contribution < 1.29 is 9.90 Å². The summed E-state index contributed by atoms with van der Waals surface area (Å²) in [6, 6.07) is 1.53. The van der Waals surface area contributed by atoms with Crippen LogP contribution < -0.4 is 5.32 Å². The molecule has 1 aromatic heterocycles. The first kappa shape index (κ1) is 13.2. The Morgan fingerprint density at radius 3 is 2.89 bits per heavy atom. The number of nitrogens with one attached hydrogen (secondary N) is 1. The van der Waals surface area contributed by atoms with E-state index in [4.69, 9.17) is 5.11 Å². The SMILES string of the molecule is CSC1(CNc2cnccc2C(=O)O)CCCC1. The van der Waals surface area contributed by atoms with Gasteiger partial charge in [0.05, 0.1) is 17.4 Å². The second kappa shape index (κ2) is 5.61. The minimum absolute atomic E-state index is 0.256. The first-order chi connectivity index (χ1) is 8.67. The fraction of sp³-hybridized carbons (Fsp3) is 0.538. The van der Waals surface area contributed by atoms with Gasteiger partial charge in [-0.1, -0.05) is 12.8 Å². The van der Waals surface area contributed by atoms with Crippen LogP contribution in [0.4, 0.5) is 5.69 Å². The van der Waals surface area contributed by atoms with E-state index in [2.05, 4.69) is 16.6 Å². The Balaban J connectivity index is 2.08. The maximum absolute atomic E-state index is 11.1. The minimum Gasteiger partial charge on any atom is -0.478 e. The van der Waals surface area contributed by atoms with E-state index < -0.39 is 5.97 Å². The predicted molar refractivity (Wildman–Crippen MR) is 74.4 cm³/mol. The normalized spacial score (nSPS) is 17.6. The molecule has 0 spiro atoms. The van der Waals surface area contributed by atoms with Crippen LogP contribution in [-0.4, -0.2) is 33.6 Å². The van der Waals surface area contributed by atoms with Gasteiger partial charge in [0.15, 0.2) is 0 Å². The molecule has 0 amide bonds. The number of anilines is 1. The van der Waals surface area contributed by atoms with Crippen molar-refractivity contribution in [3.8, 4) is 0 Å². The molecule has 98 valence electrons. The van der Waals surface area contributed by atoms with Gasteiger partial charge in [0.2, 0.25) is 0 Å². The van der Waals surface area contributed by atoms with Crippen molar-refractivity contribution >= 4 is 23.4 Å². The topological polar surface area (TPSA) is 62.2 Å². The van der Waals surface area contributed by atoms with Crippen molar-refractivity contribution in [2.45, 2.75) is 30.4 Å². The van der Waals surface area contributed by atoms with Crippen molar-refractivity contribution in [2.75, 3.05) is 18.1 Å². The molecule has 1 heterocycles. The van der Waals surface area contributed by atoms with Gasteiger partial charge in [-0.3, -0.25) is 4.98 Å². The summed E-state index contributed by atoms with van der Waals surface area (Å²) in [7, 11) is 0. The minimum atomic E-state index is -0.912. The summed E-state index contributed by atoms with van der Waals surface area (Å²) >= 11 is 1.88. The molecule has 18 heavy (non-hydrogen) atoms. The van der Waals surface area contributed by atoms with Gasteiger partial charge in [0.25, 0.3) is 0 Å². The Hall–Kier alpha value is -1.23. The van der Waals surface area contributed by atoms with Crippen LogP contribution in [0, 0.1) is 0 Å². The fourth-order valence-electron chi connectivity index (χ4n) is 2.45. The number of aromatic nitrogens is 1. The van der Waals surface area contributed by atoms with Crippen LogP contribution in [0.25, 0.3) is 0 Å². The second-order valence-corrected chi connectivity index (χ2v) is 5.95. The van der Waals surface area contributed by atoms with Gasteiger partial charge in [-0.25, -0.2) is 4.79 Å². The van der Waals surface area contributed by atoms with Crippen LogP contribution in [0.2, 0.25) is 0 Å². The third-order valence-corrected chi connectivity index (χ3v) is 5.02. The summed E-state index contributed by atoms with van der Waals surface area (Å²) in [6.45, 7) is 0.806. The Kier molecular flexibility index (Phi) is 4.11. The average molecular weight is 266 g/mol. The standard InChI is InChI=1S/C13H18N2O2S/c1-18-13(5-2-3-6-13)9-15-11-8-14-7-4-10(11)12(16)17/h4,7-8,15H,2-3,5-6,9H2,1H3,(H,16,17). The maximum atomic E-state index is 11.1. The van der Waals surface area contributed by atoms with Crippen molar-refractivity contribution in [3.63, 3.8) is 0 Å². The highest BCUT2D eigenvalue weighted by atomic mass is 32.2. The van der Waals surface area contributed by atoms with Gasteiger partial charge in [-0.05, 0) is 25.2 Å². The quantitative estimate of drug-likeness (QED) is 0.858. The molecule has 2 rings (SSSR count). The molecule has 5 heteroatoms. The van der Waals surface area contributed by atoms with Gasteiger partial charge in [0, 0.05) is 17.5 Å². The number of carbonyl (C=O) groups is 1. The van der Waals surface area contributed by atoms with E-state index in [-0.39, 0.29) is 4.75 Å². The molecule has 1 aromatic rings. The lowest BCUT2D eigenvalue weighted by Gasteiger charge is -2.27. The molecule has 0 aromatic carbocycles. The lowest BCUT2D eigenvalue weighted by Crippen LogP contribution is -2.30. The summed E-state index contributed by atoms with van der Waals surface area (Å²) in [5.74, 6) is -0.912. The molecule has 0 saturated heterocycles. The Labute approximate surface area is 111 Å². The first-order valence-electron chi connectivity index (χ1n) is 6.13. The number of pyridine rings is 1.